The van der Waals surface area contributed by atoms with Gasteiger partial charge in [-0.2, -0.15) is 0 Å². The van der Waals surface area contributed by atoms with Crippen LogP contribution in [0.15, 0.2) is 53.3 Å². The zero-order valence-electron chi connectivity index (χ0n) is 23.1. The van der Waals surface area contributed by atoms with Crippen LogP contribution in [-0.4, -0.2) is 29.0 Å². The summed E-state index contributed by atoms with van der Waals surface area (Å²) in [6.45, 7) is 8.03. The van der Waals surface area contributed by atoms with E-state index in [1.165, 1.54) is 6.07 Å². The minimum atomic E-state index is -0.577. The van der Waals surface area contributed by atoms with Gasteiger partial charge >= 0.3 is 11.9 Å². The topological polar surface area (TPSA) is 97.5 Å². The molecule has 39 heavy (non-hydrogen) atoms. The van der Waals surface area contributed by atoms with Crippen LogP contribution in [0.1, 0.15) is 86.9 Å². The molecule has 2 unspecified atom stereocenters. The van der Waals surface area contributed by atoms with E-state index in [9.17, 15) is 14.4 Å². The second-order valence-corrected chi connectivity index (χ2v) is 10.5. The van der Waals surface area contributed by atoms with E-state index in [1.54, 1.807) is 24.3 Å². The number of hydrogen-bond acceptors (Lipinski definition) is 6. The highest BCUT2D eigenvalue weighted by atomic mass is 35.5. The van der Waals surface area contributed by atoms with Crippen LogP contribution >= 0.6 is 12.4 Å². The van der Waals surface area contributed by atoms with Crippen LogP contribution in [-0.2, 0) is 9.53 Å². The number of aryl methyl sites for hydroxylation is 1. The lowest BCUT2D eigenvalue weighted by atomic mass is 9.89. The molecule has 1 aliphatic rings. The summed E-state index contributed by atoms with van der Waals surface area (Å²) in [7, 11) is 0. The largest absolute Gasteiger partial charge is 0.456 e. The van der Waals surface area contributed by atoms with Gasteiger partial charge in [-0.1, -0.05) is 64.3 Å². The van der Waals surface area contributed by atoms with Crippen molar-refractivity contribution in [1.82, 2.24) is 10.3 Å². The Balaban J connectivity index is 0.00000420. The SMILES string of the molecule is CCC(NC(C)C)C(OC(=O)C1CCCCC1)c1ccc(OC(=O)c2ccccc2C)c2[nH]c(=O)ccc12.Cl. The van der Waals surface area contributed by atoms with E-state index in [0.29, 0.717) is 16.5 Å². The van der Waals surface area contributed by atoms with Gasteiger partial charge in [0.05, 0.1) is 17.0 Å². The molecule has 2 atom stereocenters. The molecule has 1 saturated carbocycles. The van der Waals surface area contributed by atoms with Gasteiger partial charge in [-0.05, 0) is 49.9 Å². The van der Waals surface area contributed by atoms with E-state index in [-0.39, 0.29) is 47.7 Å². The number of H-pyrrole nitrogens is 1. The number of pyridine rings is 1. The number of carbonyl (C=O) groups is 2. The van der Waals surface area contributed by atoms with Crippen molar-refractivity contribution < 1.29 is 19.1 Å². The van der Waals surface area contributed by atoms with Crippen molar-refractivity contribution >= 4 is 35.2 Å². The van der Waals surface area contributed by atoms with Crippen molar-refractivity contribution in [2.24, 2.45) is 5.92 Å². The lowest BCUT2D eigenvalue weighted by Gasteiger charge is -2.32. The first-order valence-corrected chi connectivity index (χ1v) is 13.7. The predicted octanol–water partition coefficient (Wildman–Crippen LogP) is 6.42. The van der Waals surface area contributed by atoms with Crippen LogP contribution in [0.3, 0.4) is 0 Å². The molecule has 210 valence electrons. The van der Waals surface area contributed by atoms with Crippen LogP contribution in [0.4, 0.5) is 0 Å². The summed E-state index contributed by atoms with van der Waals surface area (Å²) in [4.78, 5) is 41.5. The second kappa shape index (κ2) is 13.8. The summed E-state index contributed by atoms with van der Waals surface area (Å²) in [5.41, 5.74) is 2.10. The second-order valence-electron chi connectivity index (χ2n) is 10.5. The molecule has 1 heterocycles. The molecule has 0 amide bonds. The van der Waals surface area contributed by atoms with Crippen molar-refractivity contribution in [3.8, 4) is 5.75 Å². The Bertz CT molecular complexity index is 1350. The van der Waals surface area contributed by atoms with Crippen LogP contribution in [0.5, 0.6) is 5.75 Å². The van der Waals surface area contributed by atoms with E-state index < -0.39 is 12.1 Å². The van der Waals surface area contributed by atoms with Crippen LogP contribution in [0, 0.1) is 12.8 Å². The average molecular weight is 555 g/mol. The number of esters is 2. The van der Waals surface area contributed by atoms with Gasteiger partial charge in [0.2, 0.25) is 5.56 Å². The molecule has 0 bridgehead atoms. The smallest absolute Gasteiger partial charge is 0.343 e. The molecule has 0 spiro atoms. The van der Waals surface area contributed by atoms with E-state index in [1.807, 2.05) is 25.1 Å². The Hall–Kier alpha value is -3.16. The van der Waals surface area contributed by atoms with Gasteiger partial charge in [-0.3, -0.25) is 9.59 Å². The lowest BCUT2D eigenvalue weighted by molar-refractivity contribution is -0.157. The van der Waals surface area contributed by atoms with Gasteiger partial charge in [0.1, 0.15) is 6.10 Å². The van der Waals surface area contributed by atoms with Gasteiger partial charge in [0.15, 0.2) is 5.75 Å². The summed E-state index contributed by atoms with van der Waals surface area (Å²) in [5, 5.41) is 4.22. The first kappa shape index (κ1) is 30.4. The Morgan fingerprint density at radius 2 is 1.74 bits per heavy atom. The molecule has 1 aliphatic carbocycles. The van der Waals surface area contributed by atoms with E-state index >= 15 is 0 Å². The fraction of sp³-hybridized carbons (Fsp3) is 0.452. The van der Waals surface area contributed by atoms with E-state index in [2.05, 4.69) is 31.1 Å². The van der Waals surface area contributed by atoms with E-state index in [4.69, 9.17) is 9.47 Å². The number of halogens is 1. The zero-order valence-corrected chi connectivity index (χ0v) is 23.9. The fourth-order valence-corrected chi connectivity index (χ4v) is 5.31. The van der Waals surface area contributed by atoms with E-state index in [0.717, 1.165) is 49.7 Å². The van der Waals surface area contributed by atoms with Crippen LogP contribution in [0.2, 0.25) is 0 Å². The van der Waals surface area contributed by atoms with Gasteiger partial charge in [-0.15, -0.1) is 12.4 Å². The standard InChI is InChI=1S/C31H38N2O5.ClH/c1-5-25(32-19(2)3)29(38-30(35)21-12-7-6-8-13-21)24-15-17-26(28-23(24)16-18-27(34)33-28)37-31(36)22-14-10-9-11-20(22)4;/h9-11,14-19,21,25,29,32H,5-8,12-13H2,1-4H3,(H,33,34);1H. The minimum Gasteiger partial charge on any atom is -0.456 e. The van der Waals surface area contributed by atoms with Crippen molar-refractivity contribution in [3.63, 3.8) is 0 Å². The first-order chi connectivity index (χ1) is 18.3. The number of fused-ring (bicyclic) bond motifs is 1. The molecule has 4 rings (SSSR count). The lowest BCUT2D eigenvalue weighted by Crippen LogP contribution is -2.41. The normalized spacial score (nSPS) is 15.4. The third kappa shape index (κ3) is 7.28. The molecule has 1 fully saturated rings. The van der Waals surface area contributed by atoms with Gasteiger partial charge in [0, 0.05) is 29.1 Å². The highest BCUT2D eigenvalue weighted by Crippen LogP contribution is 2.36. The number of hydrogen-bond donors (Lipinski definition) is 2. The molecular weight excluding hydrogens is 516 g/mol. The highest BCUT2D eigenvalue weighted by Gasteiger charge is 2.32. The number of benzene rings is 2. The Kier molecular flexibility index (Phi) is 10.7. The molecule has 2 aromatic carbocycles. The summed E-state index contributed by atoms with van der Waals surface area (Å²) in [5.74, 6) is -0.526. The third-order valence-electron chi connectivity index (χ3n) is 7.30. The van der Waals surface area contributed by atoms with Crippen molar-refractivity contribution in [2.45, 2.75) is 84.4 Å². The number of ether oxygens (including phenoxy) is 2. The average Bonchev–Trinajstić information content (AvgIpc) is 2.91. The molecule has 0 radical (unpaired) electrons. The van der Waals surface area contributed by atoms with Crippen molar-refractivity contribution in [2.75, 3.05) is 0 Å². The van der Waals surface area contributed by atoms with Crippen LogP contribution in [0.25, 0.3) is 10.9 Å². The number of carbonyl (C=O) groups excluding carboxylic acids is 2. The molecule has 0 saturated heterocycles. The predicted molar refractivity (Wildman–Crippen MR) is 156 cm³/mol. The summed E-state index contributed by atoms with van der Waals surface area (Å²) >= 11 is 0. The van der Waals surface area contributed by atoms with Crippen molar-refractivity contribution in [3.05, 3.63) is 75.6 Å². The Labute approximate surface area is 236 Å². The monoisotopic (exact) mass is 554 g/mol. The number of aromatic nitrogens is 1. The van der Waals surface area contributed by atoms with Gasteiger partial charge in [-0.25, -0.2) is 4.79 Å². The van der Waals surface area contributed by atoms with Crippen LogP contribution < -0.4 is 15.6 Å². The van der Waals surface area contributed by atoms with Gasteiger partial charge < -0.3 is 19.8 Å². The maximum absolute atomic E-state index is 13.3. The highest BCUT2D eigenvalue weighted by molar-refractivity contribution is 5.96. The molecule has 0 aliphatic heterocycles. The Morgan fingerprint density at radius 3 is 2.41 bits per heavy atom. The zero-order chi connectivity index (χ0) is 27.2. The first-order valence-electron chi connectivity index (χ1n) is 13.7. The molecular formula is C31H39ClN2O5. The molecule has 8 heteroatoms. The molecule has 2 N–H and O–H groups in total. The quantitative estimate of drug-likeness (QED) is 0.234. The number of aromatic amines is 1. The number of rotatable bonds is 9. The Morgan fingerprint density at radius 1 is 1.03 bits per heavy atom. The maximum atomic E-state index is 13.3. The maximum Gasteiger partial charge on any atom is 0.343 e. The minimum absolute atomic E-state index is 0. The van der Waals surface area contributed by atoms with Crippen molar-refractivity contribution in [1.29, 1.82) is 0 Å². The summed E-state index contributed by atoms with van der Waals surface area (Å²) in [6, 6.07) is 13.9. The molecule has 1 aromatic heterocycles. The summed E-state index contributed by atoms with van der Waals surface area (Å²) in [6.07, 6.45) is 5.08. The van der Waals surface area contributed by atoms with Gasteiger partial charge in [0.25, 0.3) is 0 Å². The number of nitrogens with one attached hydrogen (secondary N) is 2. The molecule has 7 nitrogen and oxygen atoms in total. The summed E-state index contributed by atoms with van der Waals surface area (Å²) < 4.78 is 12.1. The fourth-order valence-electron chi connectivity index (χ4n) is 5.31. The molecule has 3 aromatic rings. The third-order valence-corrected chi connectivity index (χ3v) is 7.30.